The van der Waals surface area contributed by atoms with Crippen LogP contribution in [0.15, 0.2) is 65.2 Å². The van der Waals surface area contributed by atoms with E-state index in [1.807, 2.05) is 61.5 Å². The van der Waals surface area contributed by atoms with Gasteiger partial charge in [0.2, 0.25) is 11.8 Å². The van der Waals surface area contributed by atoms with Gasteiger partial charge in [0, 0.05) is 35.5 Å². The molecule has 0 aliphatic carbocycles. The number of carbonyl (C=O) groups excluding carboxylic acids is 2. The van der Waals surface area contributed by atoms with E-state index in [0.717, 1.165) is 28.3 Å². The quantitative estimate of drug-likeness (QED) is 0.341. The third kappa shape index (κ3) is 3.21. The van der Waals surface area contributed by atoms with Gasteiger partial charge in [-0.2, -0.15) is 0 Å². The summed E-state index contributed by atoms with van der Waals surface area (Å²) in [5.41, 5.74) is 0.633. The van der Waals surface area contributed by atoms with Gasteiger partial charge in [-0.1, -0.05) is 49.7 Å². The lowest BCUT2D eigenvalue weighted by Crippen LogP contribution is -2.57. The van der Waals surface area contributed by atoms with Gasteiger partial charge in [-0.3, -0.25) is 24.6 Å². The van der Waals surface area contributed by atoms with Crippen molar-refractivity contribution in [1.82, 2.24) is 15.2 Å². The van der Waals surface area contributed by atoms with Crippen molar-refractivity contribution >= 4 is 39.7 Å². The summed E-state index contributed by atoms with van der Waals surface area (Å²) in [6, 6.07) is 16.2. The van der Waals surface area contributed by atoms with Crippen LogP contribution in [0.2, 0.25) is 0 Å². The van der Waals surface area contributed by atoms with Crippen LogP contribution in [0, 0.1) is 11.8 Å². The standard InChI is InChI=1S/C28H27N3O5/c1-2-3-12-31-25(32)22-23(26(31)33)28(27(34)35,14-17-15-29-19-10-6-5-9-18(17)19)30-24(22)21-13-16-8-4-7-11-20(16)36-21/h4-11,13,15,22-24,29-30H,2-3,12,14H2,1H3,(H,34,35). The number of amides is 2. The summed E-state index contributed by atoms with van der Waals surface area (Å²) in [5, 5.41) is 15.7. The summed E-state index contributed by atoms with van der Waals surface area (Å²) in [6.45, 7) is 2.28. The highest BCUT2D eigenvalue weighted by Gasteiger charge is 2.69. The third-order valence-electron chi connectivity index (χ3n) is 7.76. The number of carboxylic acids is 1. The number of carboxylic acid groups (broad SMARTS) is 1. The molecule has 8 heteroatoms. The number of hydrogen-bond acceptors (Lipinski definition) is 5. The molecular formula is C28H27N3O5. The molecule has 0 bridgehead atoms. The SMILES string of the molecule is CCCCN1C(=O)C2C(c3cc4ccccc4o3)NC(Cc3c[nH]c4ccccc34)(C(=O)O)C2C1=O. The molecule has 2 aromatic carbocycles. The van der Waals surface area contributed by atoms with E-state index in [0.29, 0.717) is 17.8 Å². The topological polar surface area (TPSA) is 116 Å². The number of benzene rings is 2. The molecule has 8 nitrogen and oxygen atoms in total. The maximum Gasteiger partial charge on any atom is 0.325 e. The van der Waals surface area contributed by atoms with Crippen LogP contribution in [-0.2, 0) is 20.8 Å². The van der Waals surface area contributed by atoms with Crippen molar-refractivity contribution in [3.8, 4) is 0 Å². The van der Waals surface area contributed by atoms with Gasteiger partial charge in [0.1, 0.15) is 16.9 Å². The summed E-state index contributed by atoms with van der Waals surface area (Å²) in [5.74, 6) is -3.36. The average Bonchev–Trinajstić information content (AvgIpc) is 3.62. The minimum atomic E-state index is -1.67. The van der Waals surface area contributed by atoms with Crippen LogP contribution >= 0.6 is 0 Å². The van der Waals surface area contributed by atoms with Crippen molar-refractivity contribution in [2.24, 2.45) is 11.8 Å². The highest BCUT2D eigenvalue weighted by Crippen LogP contribution is 2.51. The molecular weight excluding hydrogens is 458 g/mol. The Kier molecular flexibility index (Phi) is 5.22. The Balaban J connectivity index is 1.49. The summed E-state index contributed by atoms with van der Waals surface area (Å²) >= 11 is 0. The minimum absolute atomic E-state index is 0.0465. The van der Waals surface area contributed by atoms with Gasteiger partial charge in [0.15, 0.2) is 0 Å². The van der Waals surface area contributed by atoms with E-state index >= 15 is 0 Å². The maximum atomic E-state index is 13.7. The molecule has 184 valence electrons. The molecule has 0 spiro atoms. The summed E-state index contributed by atoms with van der Waals surface area (Å²) < 4.78 is 6.09. The monoisotopic (exact) mass is 485 g/mol. The Morgan fingerprint density at radius 3 is 2.67 bits per heavy atom. The van der Waals surface area contributed by atoms with Crippen molar-refractivity contribution in [3.63, 3.8) is 0 Å². The second-order valence-corrected chi connectivity index (χ2v) is 9.81. The van der Waals surface area contributed by atoms with Crippen molar-refractivity contribution in [2.75, 3.05) is 6.54 Å². The zero-order chi connectivity index (χ0) is 25.0. The smallest absolute Gasteiger partial charge is 0.325 e. The Morgan fingerprint density at radius 2 is 1.89 bits per heavy atom. The van der Waals surface area contributed by atoms with E-state index in [2.05, 4.69) is 10.3 Å². The Morgan fingerprint density at radius 1 is 1.11 bits per heavy atom. The lowest BCUT2D eigenvalue weighted by molar-refractivity contribution is -0.151. The highest BCUT2D eigenvalue weighted by atomic mass is 16.4. The second-order valence-electron chi connectivity index (χ2n) is 9.81. The van der Waals surface area contributed by atoms with Crippen molar-refractivity contribution < 1.29 is 23.9 Å². The number of rotatable bonds is 7. The van der Waals surface area contributed by atoms with Crippen molar-refractivity contribution in [2.45, 2.75) is 37.8 Å². The van der Waals surface area contributed by atoms with Gasteiger partial charge < -0.3 is 14.5 Å². The number of nitrogens with one attached hydrogen (secondary N) is 2. The summed E-state index contributed by atoms with van der Waals surface area (Å²) in [7, 11) is 0. The van der Waals surface area contributed by atoms with E-state index in [-0.39, 0.29) is 18.9 Å². The van der Waals surface area contributed by atoms with Gasteiger partial charge >= 0.3 is 5.97 Å². The van der Waals surface area contributed by atoms with Crippen molar-refractivity contribution in [3.05, 3.63) is 72.1 Å². The Bertz CT molecular complexity index is 1470. The summed E-state index contributed by atoms with van der Waals surface area (Å²) in [4.78, 5) is 44.9. The van der Waals surface area contributed by atoms with E-state index in [4.69, 9.17) is 4.42 Å². The molecule has 6 rings (SSSR count). The molecule has 0 radical (unpaired) electrons. The maximum absolute atomic E-state index is 13.7. The van der Waals surface area contributed by atoms with Crippen LogP contribution in [0.5, 0.6) is 0 Å². The van der Waals surface area contributed by atoms with E-state index < -0.39 is 35.3 Å². The fraction of sp³-hybridized carbons (Fsp3) is 0.321. The first-order valence-corrected chi connectivity index (χ1v) is 12.3. The molecule has 0 saturated carbocycles. The number of carbonyl (C=O) groups is 3. The van der Waals surface area contributed by atoms with Crippen LogP contribution in [0.1, 0.15) is 37.1 Å². The van der Waals surface area contributed by atoms with Crippen LogP contribution in [0.3, 0.4) is 0 Å². The largest absolute Gasteiger partial charge is 0.480 e. The molecule has 4 aromatic rings. The molecule has 2 amide bonds. The average molecular weight is 486 g/mol. The number of nitrogens with zero attached hydrogens (tertiary/aromatic N) is 1. The first kappa shape index (κ1) is 22.5. The van der Waals surface area contributed by atoms with Gasteiger partial charge in [-0.05, 0) is 30.2 Å². The molecule has 4 heterocycles. The normalized spacial score (nSPS) is 25.8. The number of furan rings is 1. The van der Waals surface area contributed by atoms with E-state index in [1.165, 1.54) is 4.90 Å². The Labute approximate surface area is 207 Å². The van der Waals surface area contributed by atoms with Gasteiger partial charge in [0.05, 0.1) is 17.9 Å². The molecule has 2 fully saturated rings. The number of para-hydroxylation sites is 2. The number of aliphatic carboxylic acids is 1. The third-order valence-corrected chi connectivity index (χ3v) is 7.76. The van der Waals surface area contributed by atoms with Crippen molar-refractivity contribution in [1.29, 1.82) is 0 Å². The highest BCUT2D eigenvalue weighted by molar-refractivity contribution is 6.09. The van der Waals surface area contributed by atoms with Gasteiger partial charge in [0.25, 0.3) is 0 Å². The predicted molar refractivity (Wildman–Crippen MR) is 133 cm³/mol. The molecule has 2 aromatic heterocycles. The number of imide groups is 1. The van der Waals surface area contributed by atoms with Gasteiger partial charge in [-0.25, -0.2) is 0 Å². The molecule has 2 aliphatic rings. The molecule has 3 N–H and O–H groups in total. The van der Waals surface area contributed by atoms with Gasteiger partial charge in [-0.15, -0.1) is 0 Å². The molecule has 4 atom stereocenters. The number of H-pyrrole nitrogens is 1. The molecule has 2 saturated heterocycles. The number of hydrogen-bond donors (Lipinski definition) is 3. The van der Waals surface area contributed by atoms with Crippen LogP contribution in [0.4, 0.5) is 0 Å². The predicted octanol–water partition coefficient (Wildman–Crippen LogP) is 4.03. The first-order valence-electron chi connectivity index (χ1n) is 12.3. The molecule has 36 heavy (non-hydrogen) atoms. The first-order chi connectivity index (χ1) is 17.4. The number of aromatic nitrogens is 1. The fourth-order valence-corrected chi connectivity index (χ4v) is 6.01. The number of likely N-dealkylation sites (tertiary alicyclic amines) is 1. The van der Waals surface area contributed by atoms with Crippen LogP contribution < -0.4 is 5.32 Å². The summed E-state index contributed by atoms with van der Waals surface area (Å²) in [6.07, 6.45) is 3.32. The number of aromatic amines is 1. The lowest BCUT2D eigenvalue weighted by atomic mass is 9.76. The number of unbranched alkanes of at least 4 members (excludes halogenated alkanes) is 1. The van der Waals surface area contributed by atoms with E-state index in [9.17, 15) is 19.5 Å². The van der Waals surface area contributed by atoms with Crippen LogP contribution in [0.25, 0.3) is 21.9 Å². The zero-order valence-corrected chi connectivity index (χ0v) is 19.9. The van der Waals surface area contributed by atoms with E-state index in [1.54, 1.807) is 6.20 Å². The Hall–Kier alpha value is -3.91. The minimum Gasteiger partial charge on any atom is -0.480 e. The fourth-order valence-electron chi connectivity index (χ4n) is 6.01. The molecule has 4 unspecified atom stereocenters. The zero-order valence-electron chi connectivity index (χ0n) is 19.9. The molecule has 2 aliphatic heterocycles. The lowest BCUT2D eigenvalue weighted by Gasteiger charge is -2.31. The second kappa shape index (κ2) is 8.34. The number of fused-ring (bicyclic) bond motifs is 3. The van der Waals surface area contributed by atoms with Crippen LogP contribution in [-0.4, -0.2) is 44.9 Å².